The summed E-state index contributed by atoms with van der Waals surface area (Å²) >= 11 is 0. The maximum absolute atomic E-state index is 14.0. The number of nitrogens with one attached hydrogen (secondary N) is 1. The van der Waals surface area contributed by atoms with Crippen molar-refractivity contribution in [3.63, 3.8) is 0 Å². The minimum Gasteiger partial charge on any atom is -0.478 e. The number of likely N-dealkylation sites (tertiary alicyclic amines) is 1. The highest BCUT2D eigenvalue weighted by molar-refractivity contribution is 5.88. The number of benzene rings is 1. The van der Waals surface area contributed by atoms with Gasteiger partial charge >= 0.3 is 5.97 Å². The molecule has 5 fully saturated rings. The number of hydrogen-bond donors (Lipinski definition) is 2. The van der Waals surface area contributed by atoms with Crippen molar-refractivity contribution in [2.75, 3.05) is 19.6 Å². The van der Waals surface area contributed by atoms with Gasteiger partial charge in [-0.25, -0.2) is 4.79 Å². The molecule has 46 heavy (non-hydrogen) atoms. The van der Waals surface area contributed by atoms with E-state index >= 15 is 0 Å². The van der Waals surface area contributed by atoms with Gasteiger partial charge in [-0.3, -0.25) is 9.59 Å². The topological polar surface area (TPSA) is 86.7 Å². The summed E-state index contributed by atoms with van der Waals surface area (Å²) in [5, 5.41) is 12.8. The summed E-state index contributed by atoms with van der Waals surface area (Å²) in [7, 11) is 0. The van der Waals surface area contributed by atoms with Crippen molar-refractivity contribution in [3.8, 4) is 0 Å². The maximum atomic E-state index is 14.0. The Labute approximate surface area is 276 Å². The molecule has 1 aromatic carbocycles. The van der Waals surface area contributed by atoms with Crippen molar-refractivity contribution in [3.05, 3.63) is 41.5 Å². The maximum Gasteiger partial charge on any atom is 0.335 e. The van der Waals surface area contributed by atoms with E-state index in [9.17, 15) is 19.5 Å². The van der Waals surface area contributed by atoms with Crippen LogP contribution in [0.1, 0.15) is 127 Å². The van der Waals surface area contributed by atoms with Gasteiger partial charge in [-0.1, -0.05) is 52.3 Å². The van der Waals surface area contributed by atoms with Crippen LogP contribution in [0.4, 0.5) is 0 Å². The number of carbonyl (C=O) groups is 3. The van der Waals surface area contributed by atoms with Crippen LogP contribution in [-0.4, -0.2) is 47.4 Å². The largest absolute Gasteiger partial charge is 0.478 e. The molecule has 2 N–H and O–H groups in total. The first kappa shape index (κ1) is 31.9. The number of carbonyl (C=O) groups excluding carboxylic acids is 2. The van der Waals surface area contributed by atoms with Crippen molar-refractivity contribution in [2.45, 2.75) is 111 Å². The zero-order valence-corrected chi connectivity index (χ0v) is 28.7. The summed E-state index contributed by atoms with van der Waals surface area (Å²) in [6.07, 6.45) is 16.8. The second kappa shape index (κ2) is 11.5. The summed E-state index contributed by atoms with van der Waals surface area (Å²) in [5.41, 5.74) is 3.28. The molecule has 250 valence electrons. The van der Waals surface area contributed by atoms with Gasteiger partial charge in [-0.2, -0.15) is 0 Å². The number of rotatable bonds is 7. The summed E-state index contributed by atoms with van der Waals surface area (Å²) in [6.45, 7) is 12.5. The van der Waals surface area contributed by atoms with E-state index in [4.69, 9.17) is 0 Å². The van der Waals surface area contributed by atoms with E-state index in [1.165, 1.54) is 56.1 Å². The van der Waals surface area contributed by atoms with E-state index in [1.807, 2.05) is 17.0 Å². The van der Waals surface area contributed by atoms with E-state index in [-0.39, 0.29) is 22.2 Å². The van der Waals surface area contributed by atoms with Crippen LogP contribution in [0.2, 0.25) is 0 Å². The Morgan fingerprint density at radius 1 is 0.891 bits per heavy atom. The summed E-state index contributed by atoms with van der Waals surface area (Å²) < 4.78 is 0. The van der Waals surface area contributed by atoms with Crippen molar-refractivity contribution >= 4 is 23.4 Å². The van der Waals surface area contributed by atoms with Crippen molar-refractivity contribution in [1.82, 2.24) is 10.2 Å². The molecule has 6 nitrogen and oxygen atoms in total. The molecule has 5 aliphatic carbocycles. The van der Waals surface area contributed by atoms with Crippen LogP contribution < -0.4 is 5.32 Å². The first-order valence-corrected chi connectivity index (χ1v) is 18.5. The van der Waals surface area contributed by atoms with Gasteiger partial charge in [0.25, 0.3) is 0 Å². The molecule has 6 aliphatic rings. The highest BCUT2D eigenvalue weighted by atomic mass is 16.4. The van der Waals surface area contributed by atoms with Gasteiger partial charge in [0.05, 0.1) is 11.0 Å². The number of fused-ring (bicyclic) bond motifs is 7. The predicted octanol–water partition coefficient (Wildman–Crippen LogP) is 7.97. The lowest BCUT2D eigenvalue weighted by Gasteiger charge is -2.68. The minimum absolute atomic E-state index is 0.0171. The summed E-state index contributed by atoms with van der Waals surface area (Å²) in [4.78, 5) is 39.4. The Bertz CT molecular complexity index is 1410. The zero-order chi connectivity index (χ0) is 32.5. The molecule has 4 saturated carbocycles. The molecule has 8 atom stereocenters. The van der Waals surface area contributed by atoms with Crippen molar-refractivity contribution in [1.29, 1.82) is 0 Å². The van der Waals surface area contributed by atoms with Crippen molar-refractivity contribution < 1.29 is 19.5 Å². The summed E-state index contributed by atoms with van der Waals surface area (Å²) in [5.74, 6) is 2.85. The first-order valence-electron chi connectivity index (χ1n) is 18.5. The molecule has 1 saturated heterocycles. The zero-order valence-electron chi connectivity index (χ0n) is 28.7. The molecule has 2 amide bonds. The summed E-state index contributed by atoms with van der Waals surface area (Å²) in [6, 6.07) is 7.53. The number of allylic oxidation sites excluding steroid dienone is 2. The SMILES string of the molecule is CC1(C)C(c2ccc(C(=O)O)cc2)=CCC2(C)C1CCC1(C)C3CCC4(C(=O)NCCCN5CCCC5=O)CCCC4C3CCC12. The molecule has 8 unspecified atom stereocenters. The molecule has 1 aliphatic heterocycles. The molecule has 0 spiro atoms. The number of amides is 2. The third-order valence-corrected chi connectivity index (χ3v) is 15.0. The lowest BCUT2D eigenvalue weighted by atomic mass is 9.36. The van der Waals surface area contributed by atoms with Gasteiger partial charge in [-0.15, -0.1) is 0 Å². The van der Waals surface area contributed by atoms with Gasteiger partial charge in [0.15, 0.2) is 0 Å². The molecule has 7 rings (SSSR count). The van der Waals surface area contributed by atoms with Crippen LogP contribution in [-0.2, 0) is 9.59 Å². The van der Waals surface area contributed by atoms with Gasteiger partial charge in [0.1, 0.15) is 0 Å². The van der Waals surface area contributed by atoms with Crippen LogP contribution in [0.25, 0.3) is 5.57 Å². The monoisotopic (exact) mass is 628 g/mol. The van der Waals surface area contributed by atoms with E-state index in [0.29, 0.717) is 59.4 Å². The molecule has 0 aromatic heterocycles. The lowest BCUT2D eigenvalue weighted by molar-refractivity contribution is -0.181. The van der Waals surface area contributed by atoms with Crippen LogP contribution in [0, 0.1) is 51.2 Å². The quantitative estimate of drug-likeness (QED) is 0.300. The van der Waals surface area contributed by atoms with Gasteiger partial charge < -0.3 is 15.3 Å². The van der Waals surface area contributed by atoms with Crippen LogP contribution in [0.3, 0.4) is 0 Å². The fraction of sp³-hybridized carbons (Fsp3) is 0.725. The third-order valence-electron chi connectivity index (χ3n) is 15.0. The molecular formula is C40H56N2O4. The average Bonchev–Trinajstić information content (AvgIpc) is 3.65. The molecule has 0 bridgehead atoms. The Balaban J connectivity index is 1.07. The van der Waals surface area contributed by atoms with E-state index in [2.05, 4.69) is 39.1 Å². The number of carboxylic acid groups (broad SMARTS) is 1. The fourth-order valence-electron chi connectivity index (χ4n) is 13.1. The van der Waals surface area contributed by atoms with Gasteiger partial charge in [0, 0.05) is 26.1 Å². The van der Waals surface area contributed by atoms with Crippen LogP contribution in [0.15, 0.2) is 30.3 Å². The number of nitrogens with zero attached hydrogens (tertiary/aromatic N) is 1. The normalized spacial score (nSPS) is 39.5. The van der Waals surface area contributed by atoms with Crippen LogP contribution in [0.5, 0.6) is 0 Å². The lowest BCUT2D eigenvalue weighted by Crippen LogP contribution is -2.62. The van der Waals surface area contributed by atoms with E-state index < -0.39 is 5.97 Å². The number of aromatic carboxylic acids is 1. The highest BCUT2D eigenvalue weighted by Gasteiger charge is 2.66. The Morgan fingerprint density at radius 3 is 2.39 bits per heavy atom. The van der Waals surface area contributed by atoms with Crippen LogP contribution >= 0.6 is 0 Å². The molecule has 1 heterocycles. The van der Waals surface area contributed by atoms with Gasteiger partial charge in [0.2, 0.25) is 11.8 Å². The molecular weight excluding hydrogens is 572 g/mol. The Hall–Kier alpha value is -2.63. The second-order valence-corrected chi connectivity index (χ2v) is 17.2. The number of hydrogen-bond acceptors (Lipinski definition) is 3. The number of carboxylic acids is 1. The minimum atomic E-state index is -0.872. The first-order chi connectivity index (χ1) is 21.9. The molecule has 1 aromatic rings. The standard InChI is InChI=1S/C40H56N2O4/c1-37(2)29(26-10-12-27(13-11-26)35(44)45)16-20-39(4)32(37)18-21-38(3)30-17-22-40(19-5-8-31(40)28(30)14-15-33(38)39)36(46)41-23-7-25-42-24-6-9-34(42)43/h10-13,16,28,30-33H,5-9,14-15,17-25H2,1-4H3,(H,41,46)(H,44,45). The highest BCUT2D eigenvalue weighted by Crippen LogP contribution is 2.73. The molecule has 6 heteroatoms. The average molecular weight is 629 g/mol. The third kappa shape index (κ3) is 4.81. The van der Waals surface area contributed by atoms with Gasteiger partial charge in [-0.05, 0) is 140 Å². The predicted molar refractivity (Wildman–Crippen MR) is 181 cm³/mol. The Morgan fingerprint density at radius 2 is 1.67 bits per heavy atom. The smallest absolute Gasteiger partial charge is 0.335 e. The van der Waals surface area contributed by atoms with Crippen molar-refractivity contribution in [2.24, 2.45) is 51.2 Å². The Kier molecular flexibility index (Phi) is 7.99. The fourth-order valence-corrected chi connectivity index (χ4v) is 13.1. The van der Waals surface area contributed by atoms with E-state index in [1.54, 1.807) is 12.1 Å². The second-order valence-electron chi connectivity index (χ2n) is 17.2. The van der Waals surface area contributed by atoms with E-state index in [0.717, 1.165) is 45.2 Å². The molecule has 0 radical (unpaired) electrons.